The van der Waals surface area contributed by atoms with Crippen molar-refractivity contribution in [1.82, 2.24) is 10.2 Å². The minimum absolute atomic E-state index is 0.00386. The zero-order chi connectivity index (χ0) is 19.8. The molecule has 0 saturated heterocycles. The van der Waals surface area contributed by atoms with Crippen LogP contribution in [-0.2, 0) is 22.6 Å². The Labute approximate surface area is 162 Å². The highest BCUT2D eigenvalue weighted by Gasteiger charge is 2.25. The second-order valence-corrected chi connectivity index (χ2v) is 7.07. The number of hydrogen-bond donors (Lipinski definition) is 1. The molecule has 2 amide bonds. The van der Waals surface area contributed by atoms with Crippen LogP contribution in [0.25, 0.3) is 0 Å². The van der Waals surface area contributed by atoms with E-state index in [9.17, 15) is 9.59 Å². The molecule has 1 N–H and O–H groups in total. The Morgan fingerprint density at radius 1 is 1.00 bits per heavy atom. The molecule has 4 nitrogen and oxygen atoms in total. The average Bonchev–Trinajstić information content (AvgIpc) is 2.65. The summed E-state index contributed by atoms with van der Waals surface area (Å²) in [6.45, 7) is 8.75. The molecule has 4 heteroatoms. The molecule has 0 spiro atoms. The van der Waals surface area contributed by atoms with E-state index in [2.05, 4.69) is 35.6 Å². The molecule has 0 fully saturated rings. The Morgan fingerprint density at radius 3 is 2.33 bits per heavy atom. The molecule has 0 heterocycles. The van der Waals surface area contributed by atoms with Gasteiger partial charge in [0.2, 0.25) is 11.8 Å². The summed E-state index contributed by atoms with van der Waals surface area (Å²) in [6.07, 6.45) is 1.06. The first-order valence-electron chi connectivity index (χ1n) is 9.59. The third-order valence-corrected chi connectivity index (χ3v) is 4.70. The van der Waals surface area contributed by atoms with Gasteiger partial charge in [-0.25, -0.2) is 0 Å². The number of carbonyl (C=O) groups is 2. The molecule has 0 bridgehead atoms. The highest BCUT2D eigenvalue weighted by atomic mass is 16.2. The van der Waals surface area contributed by atoms with Crippen LogP contribution in [0, 0.1) is 13.8 Å². The van der Waals surface area contributed by atoms with Crippen LogP contribution >= 0.6 is 0 Å². The van der Waals surface area contributed by atoms with E-state index >= 15 is 0 Å². The van der Waals surface area contributed by atoms with Crippen molar-refractivity contribution >= 4 is 11.8 Å². The Morgan fingerprint density at radius 2 is 1.70 bits per heavy atom. The van der Waals surface area contributed by atoms with Crippen LogP contribution in [0.1, 0.15) is 42.5 Å². The number of nitrogens with zero attached hydrogens (tertiary/aromatic N) is 1. The van der Waals surface area contributed by atoms with Crippen molar-refractivity contribution < 1.29 is 9.59 Å². The van der Waals surface area contributed by atoms with Crippen molar-refractivity contribution in [3.8, 4) is 0 Å². The van der Waals surface area contributed by atoms with Gasteiger partial charge in [0.15, 0.2) is 0 Å². The zero-order valence-corrected chi connectivity index (χ0v) is 16.8. The van der Waals surface area contributed by atoms with Crippen LogP contribution in [0.5, 0.6) is 0 Å². The number of aryl methyl sites for hydroxylation is 3. The number of amides is 2. The predicted molar refractivity (Wildman–Crippen MR) is 109 cm³/mol. The van der Waals surface area contributed by atoms with E-state index in [0.29, 0.717) is 25.9 Å². The second-order valence-electron chi connectivity index (χ2n) is 7.07. The molecule has 0 aliphatic carbocycles. The third kappa shape index (κ3) is 6.24. The van der Waals surface area contributed by atoms with Crippen LogP contribution in [0.4, 0.5) is 0 Å². The quantitative estimate of drug-likeness (QED) is 0.773. The van der Waals surface area contributed by atoms with Crippen LogP contribution in [-0.4, -0.2) is 29.3 Å². The van der Waals surface area contributed by atoms with Crippen molar-refractivity contribution in [3.05, 3.63) is 70.8 Å². The van der Waals surface area contributed by atoms with Crippen LogP contribution in [0.15, 0.2) is 48.5 Å². The van der Waals surface area contributed by atoms with E-state index in [-0.39, 0.29) is 11.8 Å². The monoisotopic (exact) mass is 366 g/mol. The highest BCUT2D eigenvalue weighted by Crippen LogP contribution is 2.14. The molecule has 0 aliphatic heterocycles. The molecule has 2 aromatic carbocycles. The van der Waals surface area contributed by atoms with Gasteiger partial charge < -0.3 is 10.2 Å². The zero-order valence-electron chi connectivity index (χ0n) is 16.8. The first-order valence-corrected chi connectivity index (χ1v) is 9.59. The summed E-state index contributed by atoms with van der Waals surface area (Å²) in [6, 6.07) is 15.8. The maximum absolute atomic E-state index is 13.0. The lowest BCUT2D eigenvalue weighted by molar-refractivity contribution is -0.140. The van der Waals surface area contributed by atoms with E-state index in [1.807, 2.05) is 39.0 Å². The topological polar surface area (TPSA) is 49.4 Å². The van der Waals surface area contributed by atoms with E-state index in [0.717, 1.165) is 16.7 Å². The summed E-state index contributed by atoms with van der Waals surface area (Å²) in [5.74, 6) is -0.121. The number of carbonyl (C=O) groups excluding carboxylic acids is 2. The number of likely N-dealkylation sites (N-methyl/N-ethyl adjacent to an activating group) is 1. The van der Waals surface area contributed by atoms with Crippen LogP contribution < -0.4 is 5.32 Å². The molecule has 27 heavy (non-hydrogen) atoms. The molecule has 0 saturated carbocycles. The number of hydrogen-bond acceptors (Lipinski definition) is 2. The lowest BCUT2D eigenvalue weighted by Gasteiger charge is -2.29. The van der Waals surface area contributed by atoms with Crippen molar-refractivity contribution in [1.29, 1.82) is 0 Å². The standard InChI is InChI=1S/C23H30N2O2/c1-5-24-23(27)19(4)25(16-21-8-6-7-18(3)15-21)22(26)14-13-20-11-9-17(2)10-12-20/h6-12,15,19H,5,13-14,16H2,1-4H3,(H,24,27)/t19-/m0/s1. The first-order chi connectivity index (χ1) is 12.9. The van der Waals surface area contributed by atoms with Gasteiger partial charge in [-0.2, -0.15) is 0 Å². The van der Waals surface area contributed by atoms with E-state index in [4.69, 9.17) is 0 Å². The molecule has 2 aromatic rings. The summed E-state index contributed by atoms with van der Waals surface area (Å²) in [5, 5.41) is 2.82. The summed E-state index contributed by atoms with van der Waals surface area (Å²) in [5.41, 5.74) is 4.52. The van der Waals surface area contributed by atoms with Crippen LogP contribution in [0.3, 0.4) is 0 Å². The van der Waals surface area contributed by atoms with E-state index < -0.39 is 6.04 Å². The normalized spacial score (nSPS) is 11.7. The molecule has 0 unspecified atom stereocenters. The fourth-order valence-electron chi connectivity index (χ4n) is 3.06. The molecule has 0 aliphatic rings. The largest absolute Gasteiger partial charge is 0.355 e. The maximum Gasteiger partial charge on any atom is 0.242 e. The summed E-state index contributed by atoms with van der Waals surface area (Å²) in [7, 11) is 0. The Balaban J connectivity index is 2.12. The number of nitrogens with one attached hydrogen (secondary N) is 1. The Kier molecular flexibility index (Phi) is 7.59. The van der Waals surface area contributed by atoms with Gasteiger partial charge in [-0.05, 0) is 45.2 Å². The molecule has 144 valence electrons. The predicted octanol–water partition coefficient (Wildman–Crippen LogP) is 3.79. The van der Waals surface area contributed by atoms with Gasteiger partial charge in [-0.1, -0.05) is 59.7 Å². The van der Waals surface area contributed by atoms with Gasteiger partial charge in [0.05, 0.1) is 0 Å². The first kappa shape index (κ1) is 20.7. The fourth-order valence-corrected chi connectivity index (χ4v) is 3.06. The molecular weight excluding hydrogens is 336 g/mol. The number of rotatable bonds is 8. The lowest BCUT2D eigenvalue weighted by Crippen LogP contribution is -2.47. The third-order valence-electron chi connectivity index (χ3n) is 4.70. The molecule has 0 aromatic heterocycles. The molecule has 1 atom stereocenters. The van der Waals surface area contributed by atoms with Crippen molar-refractivity contribution in [2.24, 2.45) is 0 Å². The maximum atomic E-state index is 13.0. The smallest absolute Gasteiger partial charge is 0.242 e. The molecule has 0 radical (unpaired) electrons. The summed E-state index contributed by atoms with van der Waals surface area (Å²) in [4.78, 5) is 27.0. The van der Waals surface area contributed by atoms with Gasteiger partial charge in [0.1, 0.15) is 6.04 Å². The Hall–Kier alpha value is -2.62. The van der Waals surface area contributed by atoms with Gasteiger partial charge in [-0.15, -0.1) is 0 Å². The fraction of sp³-hybridized carbons (Fsp3) is 0.391. The van der Waals surface area contributed by atoms with Crippen molar-refractivity contribution in [2.75, 3.05) is 6.54 Å². The Bertz CT molecular complexity index is 768. The van der Waals surface area contributed by atoms with Gasteiger partial charge in [0.25, 0.3) is 0 Å². The number of benzene rings is 2. The van der Waals surface area contributed by atoms with Crippen LogP contribution in [0.2, 0.25) is 0 Å². The second kappa shape index (κ2) is 9.91. The van der Waals surface area contributed by atoms with Crippen molar-refractivity contribution in [2.45, 2.75) is 53.1 Å². The van der Waals surface area contributed by atoms with E-state index in [1.165, 1.54) is 5.56 Å². The van der Waals surface area contributed by atoms with Gasteiger partial charge >= 0.3 is 0 Å². The lowest BCUT2D eigenvalue weighted by atomic mass is 10.1. The van der Waals surface area contributed by atoms with Gasteiger partial charge in [-0.3, -0.25) is 9.59 Å². The van der Waals surface area contributed by atoms with Gasteiger partial charge in [0, 0.05) is 19.5 Å². The minimum Gasteiger partial charge on any atom is -0.355 e. The van der Waals surface area contributed by atoms with Crippen molar-refractivity contribution in [3.63, 3.8) is 0 Å². The molecule has 2 rings (SSSR count). The minimum atomic E-state index is -0.504. The summed E-state index contributed by atoms with van der Waals surface area (Å²) >= 11 is 0. The SMILES string of the molecule is CCNC(=O)[C@H](C)N(Cc1cccc(C)c1)C(=O)CCc1ccc(C)cc1. The highest BCUT2D eigenvalue weighted by molar-refractivity contribution is 5.87. The van der Waals surface area contributed by atoms with E-state index in [1.54, 1.807) is 11.8 Å². The molecular formula is C23H30N2O2. The average molecular weight is 367 g/mol. The summed E-state index contributed by atoms with van der Waals surface area (Å²) < 4.78 is 0.